The van der Waals surface area contributed by atoms with Crippen LogP contribution in [0.5, 0.6) is 0 Å². The molecule has 110 valence electrons. The number of hydrogen-bond donors (Lipinski definition) is 2. The SMILES string of the molecule is COCCNCC(=O)N1C[C@@H](N)[C@H](c2ccccc2)C1. The van der Waals surface area contributed by atoms with Gasteiger partial charge in [0.2, 0.25) is 5.91 Å². The Hall–Kier alpha value is -1.43. The summed E-state index contributed by atoms with van der Waals surface area (Å²) in [4.78, 5) is 13.9. The third-order valence-corrected chi connectivity index (χ3v) is 3.70. The van der Waals surface area contributed by atoms with Crippen LogP contribution in [-0.4, -0.2) is 56.7 Å². The van der Waals surface area contributed by atoms with Gasteiger partial charge in [-0.15, -0.1) is 0 Å². The molecule has 0 saturated carbocycles. The van der Waals surface area contributed by atoms with E-state index in [1.165, 1.54) is 5.56 Å². The molecule has 1 amide bonds. The molecule has 0 aliphatic carbocycles. The Labute approximate surface area is 120 Å². The number of hydrogen-bond acceptors (Lipinski definition) is 4. The van der Waals surface area contributed by atoms with Crippen LogP contribution in [0.25, 0.3) is 0 Å². The van der Waals surface area contributed by atoms with Gasteiger partial charge in [0.25, 0.3) is 0 Å². The fourth-order valence-corrected chi connectivity index (χ4v) is 2.57. The first-order valence-corrected chi connectivity index (χ1v) is 7.00. The topological polar surface area (TPSA) is 67.6 Å². The monoisotopic (exact) mass is 277 g/mol. The Morgan fingerprint density at radius 2 is 2.15 bits per heavy atom. The Morgan fingerprint density at radius 1 is 1.40 bits per heavy atom. The zero-order chi connectivity index (χ0) is 14.4. The Morgan fingerprint density at radius 3 is 2.85 bits per heavy atom. The highest BCUT2D eigenvalue weighted by atomic mass is 16.5. The molecule has 0 bridgehead atoms. The molecule has 5 nitrogen and oxygen atoms in total. The highest BCUT2D eigenvalue weighted by Crippen LogP contribution is 2.26. The van der Waals surface area contributed by atoms with E-state index in [4.69, 9.17) is 10.5 Å². The normalized spacial score (nSPS) is 22.2. The van der Waals surface area contributed by atoms with Crippen molar-refractivity contribution < 1.29 is 9.53 Å². The molecule has 0 radical (unpaired) electrons. The van der Waals surface area contributed by atoms with Gasteiger partial charge in [-0.2, -0.15) is 0 Å². The van der Waals surface area contributed by atoms with Crippen LogP contribution in [0.1, 0.15) is 11.5 Å². The van der Waals surface area contributed by atoms with E-state index in [-0.39, 0.29) is 17.9 Å². The van der Waals surface area contributed by atoms with Gasteiger partial charge in [-0.1, -0.05) is 30.3 Å². The Bertz CT molecular complexity index is 424. The lowest BCUT2D eigenvalue weighted by Gasteiger charge is -2.16. The summed E-state index contributed by atoms with van der Waals surface area (Å²) in [6, 6.07) is 10.2. The lowest BCUT2D eigenvalue weighted by Crippen LogP contribution is -2.38. The molecule has 20 heavy (non-hydrogen) atoms. The number of amides is 1. The summed E-state index contributed by atoms with van der Waals surface area (Å²) < 4.78 is 4.93. The molecule has 0 spiro atoms. The van der Waals surface area contributed by atoms with Crippen LogP contribution in [0.3, 0.4) is 0 Å². The zero-order valence-corrected chi connectivity index (χ0v) is 11.9. The molecule has 3 N–H and O–H groups in total. The predicted molar refractivity (Wildman–Crippen MR) is 78.5 cm³/mol. The average molecular weight is 277 g/mol. The van der Waals surface area contributed by atoms with E-state index in [1.54, 1.807) is 7.11 Å². The number of nitrogens with one attached hydrogen (secondary N) is 1. The Kier molecular flexibility index (Phi) is 5.52. The van der Waals surface area contributed by atoms with Crippen molar-refractivity contribution in [3.8, 4) is 0 Å². The molecular formula is C15H23N3O2. The largest absolute Gasteiger partial charge is 0.383 e. The van der Waals surface area contributed by atoms with Crippen LogP contribution in [0, 0.1) is 0 Å². The quantitative estimate of drug-likeness (QED) is 0.728. The van der Waals surface area contributed by atoms with Crippen molar-refractivity contribution in [2.45, 2.75) is 12.0 Å². The molecule has 0 aromatic heterocycles. The molecule has 1 fully saturated rings. The maximum Gasteiger partial charge on any atom is 0.236 e. The second kappa shape index (κ2) is 7.38. The molecule has 2 atom stereocenters. The standard InChI is InChI=1S/C15H23N3O2/c1-20-8-7-17-9-15(19)18-10-13(14(16)11-18)12-5-3-2-4-6-12/h2-6,13-14,17H,7-11,16H2,1H3/t13-,14+/m0/s1. The predicted octanol–water partition coefficient (Wildman–Crippen LogP) is 0.176. The van der Waals surface area contributed by atoms with Gasteiger partial charge in [-0.25, -0.2) is 0 Å². The third kappa shape index (κ3) is 3.79. The minimum absolute atomic E-state index is 0.0142. The fraction of sp³-hybridized carbons (Fsp3) is 0.533. The van der Waals surface area contributed by atoms with E-state index < -0.39 is 0 Å². The highest BCUT2D eigenvalue weighted by Gasteiger charge is 2.33. The van der Waals surface area contributed by atoms with Gasteiger partial charge in [-0.05, 0) is 5.56 Å². The van der Waals surface area contributed by atoms with Gasteiger partial charge < -0.3 is 20.7 Å². The first-order valence-electron chi connectivity index (χ1n) is 7.00. The summed E-state index contributed by atoms with van der Waals surface area (Å²) in [6.07, 6.45) is 0. The summed E-state index contributed by atoms with van der Waals surface area (Å²) in [5.41, 5.74) is 7.39. The number of benzene rings is 1. The van der Waals surface area contributed by atoms with Gasteiger partial charge in [0.05, 0.1) is 13.2 Å². The lowest BCUT2D eigenvalue weighted by atomic mass is 9.95. The number of ether oxygens (including phenoxy) is 1. The number of methoxy groups -OCH3 is 1. The van der Waals surface area contributed by atoms with Crippen molar-refractivity contribution in [1.82, 2.24) is 10.2 Å². The van der Waals surface area contributed by atoms with E-state index >= 15 is 0 Å². The van der Waals surface area contributed by atoms with Crippen LogP contribution >= 0.6 is 0 Å². The summed E-state index contributed by atoms with van der Waals surface area (Å²) in [5, 5.41) is 3.08. The van der Waals surface area contributed by atoms with E-state index in [9.17, 15) is 4.79 Å². The minimum Gasteiger partial charge on any atom is -0.383 e. The van der Waals surface area contributed by atoms with Crippen LogP contribution in [0.15, 0.2) is 30.3 Å². The molecule has 5 heteroatoms. The van der Waals surface area contributed by atoms with Crippen molar-refractivity contribution in [3.05, 3.63) is 35.9 Å². The van der Waals surface area contributed by atoms with Crippen molar-refractivity contribution >= 4 is 5.91 Å². The first-order chi connectivity index (χ1) is 9.72. The molecule has 0 unspecified atom stereocenters. The summed E-state index contributed by atoms with van der Waals surface area (Å²) in [6.45, 7) is 2.97. The smallest absolute Gasteiger partial charge is 0.236 e. The van der Waals surface area contributed by atoms with Gasteiger partial charge in [0.15, 0.2) is 0 Å². The highest BCUT2D eigenvalue weighted by molar-refractivity contribution is 5.78. The van der Waals surface area contributed by atoms with E-state index in [0.29, 0.717) is 32.8 Å². The van der Waals surface area contributed by atoms with E-state index in [0.717, 1.165) is 0 Å². The molecule has 1 saturated heterocycles. The summed E-state index contributed by atoms with van der Waals surface area (Å²) >= 11 is 0. The van der Waals surface area contributed by atoms with Crippen molar-refractivity contribution in [3.63, 3.8) is 0 Å². The van der Waals surface area contributed by atoms with Crippen LogP contribution < -0.4 is 11.1 Å². The number of rotatable bonds is 6. The number of nitrogens with two attached hydrogens (primary N) is 1. The second-order valence-electron chi connectivity index (χ2n) is 5.15. The molecule has 1 aromatic rings. The number of likely N-dealkylation sites (tertiary alicyclic amines) is 1. The summed E-state index contributed by atoms with van der Waals surface area (Å²) in [5.74, 6) is 0.342. The molecule has 1 aliphatic rings. The average Bonchev–Trinajstić information content (AvgIpc) is 2.86. The van der Waals surface area contributed by atoms with Crippen molar-refractivity contribution in [1.29, 1.82) is 0 Å². The fourth-order valence-electron chi connectivity index (χ4n) is 2.57. The van der Waals surface area contributed by atoms with Gasteiger partial charge >= 0.3 is 0 Å². The van der Waals surface area contributed by atoms with E-state index in [2.05, 4.69) is 17.4 Å². The van der Waals surface area contributed by atoms with Crippen LogP contribution in [-0.2, 0) is 9.53 Å². The van der Waals surface area contributed by atoms with Gasteiger partial charge in [0, 0.05) is 38.7 Å². The number of nitrogens with zero attached hydrogens (tertiary/aromatic N) is 1. The first kappa shape index (κ1) is 15.0. The van der Waals surface area contributed by atoms with Crippen LogP contribution in [0.2, 0.25) is 0 Å². The zero-order valence-electron chi connectivity index (χ0n) is 11.9. The lowest BCUT2D eigenvalue weighted by molar-refractivity contribution is -0.129. The van der Waals surface area contributed by atoms with Crippen molar-refractivity contribution in [2.24, 2.45) is 5.73 Å². The maximum absolute atomic E-state index is 12.1. The van der Waals surface area contributed by atoms with Gasteiger partial charge in [-0.3, -0.25) is 4.79 Å². The number of carbonyl (C=O) groups is 1. The maximum atomic E-state index is 12.1. The van der Waals surface area contributed by atoms with Crippen molar-refractivity contribution in [2.75, 3.05) is 39.9 Å². The molecule has 1 aliphatic heterocycles. The molecular weight excluding hydrogens is 254 g/mol. The van der Waals surface area contributed by atoms with Crippen LogP contribution in [0.4, 0.5) is 0 Å². The molecule has 2 rings (SSSR count). The van der Waals surface area contributed by atoms with E-state index in [1.807, 2.05) is 23.1 Å². The second-order valence-corrected chi connectivity index (χ2v) is 5.15. The summed E-state index contributed by atoms with van der Waals surface area (Å²) in [7, 11) is 1.65. The number of carbonyl (C=O) groups excluding carboxylic acids is 1. The Balaban J connectivity index is 1.85. The molecule has 1 heterocycles. The van der Waals surface area contributed by atoms with Gasteiger partial charge in [0.1, 0.15) is 0 Å². The molecule has 1 aromatic carbocycles. The third-order valence-electron chi connectivity index (χ3n) is 3.70. The minimum atomic E-state index is 0.0142.